The van der Waals surface area contributed by atoms with Crippen LogP contribution in [-0.2, 0) is 4.79 Å². The molecule has 0 unspecified atom stereocenters. The van der Waals surface area contributed by atoms with Crippen LogP contribution in [-0.4, -0.2) is 34.4 Å². The molecule has 1 saturated heterocycles. The van der Waals surface area contributed by atoms with Gasteiger partial charge in [0, 0.05) is 23.6 Å². The van der Waals surface area contributed by atoms with Gasteiger partial charge in [0.25, 0.3) is 5.91 Å². The molecule has 5 nitrogen and oxygen atoms in total. The molecule has 1 aromatic heterocycles. The highest BCUT2D eigenvalue weighted by Crippen LogP contribution is 2.29. The number of rotatable bonds is 5. The fourth-order valence-corrected chi connectivity index (χ4v) is 2.92. The molecule has 1 amide bonds. The van der Waals surface area contributed by atoms with Crippen LogP contribution in [0.3, 0.4) is 0 Å². The van der Waals surface area contributed by atoms with Crippen molar-refractivity contribution in [3.63, 3.8) is 0 Å². The summed E-state index contributed by atoms with van der Waals surface area (Å²) in [7, 11) is 0. The molecular weight excluding hydrogens is 276 g/mol. The van der Waals surface area contributed by atoms with E-state index in [1.54, 1.807) is 18.3 Å². The van der Waals surface area contributed by atoms with E-state index in [9.17, 15) is 9.59 Å². The number of carbonyl (C=O) groups is 2. The second-order valence-electron chi connectivity index (χ2n) is 5.12. The molecule has 20 heavy (non-hydrogen) atoms. The topological polar surface area (TPSA) is 68.3 Å². The van der Waals surface area contributed by atoms with Gasteiger partial charge in [0.1, 0.15) is 0 Å². The Hall–Kier alpha value is -1.56. The van der Waals surface area contributed by atoms with Gasteiger partial charge in [0.05, 0.1) is 12.6 Å². The number of nitrogens with zero attached hydrogens (tertiary/aromatic N) is 1. The first kappa shape index (κ1) is 13.4. The molecule has 1 atom stereocenters. The van der Waals surface area contributed by atoms with Gasteiger partial charge in [-0.1, -0.05) is 11.8 Å². The van der Waals surface area contributed by atoms with Crippen molar-refractivity contribution >= 4 is 22.8 Å². The maximum Gasteiger partial charge on any atom is 0.252 e. The quantitative estimate of drug-likeness (QED) is 0.893. The van der Waals surface area contributed by atoms with Gasteiger partial charge in [-0.15, -0.1) is 0 Å². The molecular formula is C14H16N2O3S. The molecule has 0 spiro atoms. The van der Waals surface area contributed by atoms with E-state index >= 15 is 0 Å². The van der Waals surface area contributed by atoms with E-state index in [0.29, 0.717) is 30.4 Å². The van der Waals surface area contributed by atoms with Crippen molar-refractivity contribution in [2.45, 2.75) is 25.3 Å². The third-order valence-corrected chi connectivity index (χ3v) is 4.41. The van der Waals surface area contributed by atoms with E-state index in [4.69, 9.17) is 4.74 Å². The second kappa shape index (κ2) is 5.83. The number of nitrogens with one attached hydrogen (secondary N) is 1. The van der Waals surface area contributed by atoms with Gasteiger partial charge < -0.3 is 10.1 Å². The number of thioether (sulfide) groups is 1. The molecule has 1 N–H and O–H groups in total. The van der Waals surface area contributed by atoms with Crippen molar-refractivity contribution in [2.75, 3.05) is 12.4 Å². The maximum absolute atomic E-state index is 12.1. The van der Waals surface area contributed by atoms with Crippen LogP contribution in [0.15, 0.2) is 18.3 Å². The third-order valence-electron chi connectivity index (χ3n) is 3.40. The van der Waals surface area contributed by atoms with Gasteiger partial charge in [-0.05, 0) is 31.2 Å². The van der Waals surface area contributed by atoms with E-state index in [1.165, 1.54) is 24.6 Å². The fraction of sp³-hybridized carbons (Fsp3) is 0.500. The van der Waals surface area contributed by atoms with E-state index < -0.39 is 0 Å². The zero-order chi connectivity index (χ0) is 13.9. The average Bonchev–Trinajstić information content (AvgIpc) is 3.21. The van der Waals surface area contributed by atoms with Gasteiger partial charge in [-0.2, -0.15) is 0 Å². The minimum Gasteiger partial charge on any atom is -0.477 e. The summed E-state index contributed by atoms with van der Waals surface area (Å²) >= 11 is 1.27. The van der Waals surface area contributed by atoms with Crippen LogP contribution in [0.2, 0.25) is 0 Å². The zero-order valence-electron chi connectivity index (χ0n) is 11.0. The van der Waals surface area contributed by atoms with Crippen molar-refractivity contribution in [2.24, 2.45) is 5.92 Å². The van der Waals surface area contributed by atoms with Gasteiger partial charge in [0.2, 0.25) is 11.0 Å². The van der Waals surface area contributed by atoms with Crippen LogP contribution in [0.4, 0.5) is 0 Å². The summed E-state index contributed by atoms with van der Waals surface area (Å²) in [6, 6.07) is 2.90. The number of pyridine rings is 1. The van der Waals surface area contributed by atoms with Crippen LogP contribution >= 0.6 is 11.8 Å². The van der Waals surface area contributed by atoms with E-state index in [1.807, 2.05) is 0 Å². The first-order valence-corrected chi connectivity index (χ1v) is 7.77. The number of hydrogen-bond acceptors (Lipinski definition) is 5. The molecule has 0 bridgehead atoms. The third kappa shape index (κ3) is 3.30. The predicted octanol–water partition coefficient (Wildman–Crippen LogP) is 1.63. The molecule has 106 valence electrons. The van der Waals surface area contributed by atoms with Gasteiger partial charge in [-0.25, -0.2) is 4.98 Å². The van der Waals surface area contributed by atoms with Crippen LogP contribution < -0.4 is 10.1 Å². The Labute approximate surface area is 121 Å². The number of ether oxygens (including phenoxy) is 1. The molecule has 1 aliphatic heterocycles. The highest BCUT2D eigenvalue weighted by atomic mass is 32.2. The Morgan fingerprint density at radius 2 is 2.30 bits per heavy atom. The highest BCUT2D eigenvalue weighted by molar-refractivity contribution is 8.14. The molecule has 3 rings (SSSR count). The molecule has 1 saturated carbocycles. The van der Waals surface area contributed by atoms with Crippen LogP contribution in [0.1, 0.15) is 29.6 Å². The summed E-state index contributed by atoms with van der Waals surface area (Å²) in [4.78, 5) is 27.7. The number of amides is 1. The monoisotopic (exact) mass is 292 g/mol. The number of hydrogen-bond donors (Lipinski definition) is 1. The molecule has 0 radical (unpaired) electrons. The number of aromatic nitrogens is 1. The van der Waals surface area contributed by atoms with Crippen molar-refractivity contribution in [1.82, 2.24) is 10.3 Å². The van der Waals surface area contributed by atoms with Crippen molar-refractivity contribution < 1.29 is 14.3 Å². The van der Waals surface area contributed by atoms with E-state index in [-0.39, 0.29) is 17.1 Å². The summed E-state index contributed by atoms with van der Waals surface area (Å²) in [5.41, 5.74) is 0.482. The van der Waals surface area contributed by atoms with Crippen molar-refractivity contribution in [3.8, 4) is 5.88 Å². The maximum atomic E-state index is 12.1. The summed E-state index contributed by atoms with van der Waals surface area (Å²) < 4.78 is 5.55. The Morgan fingerprint density at radius 1 is 1.45 bits per heavy atom. The molecule has 2 heterocycles. The normalized spacial score (nSPS) is 21.8. The molecule has 1 aliphatic carbocycles. The zero-order valence-corrected chi connectivity index (χ0v) is 11.8. The van der Waals surface area contributed by atoms with Crippen molar-refractivity contribution in [3.05, 3.63) is 23.9 Å². The largest absolute Gasteiger partial charge is 0.477 e. The predicted molar refractivity (Wildman–Crippen MR) is 75.8 cm³/mol. The van der Waals surface area contributed by atoms with Gasteiger partial charge in [0.15, 0.2) is 0 Å². The lowest BCUT2D eigenvalue weighted by Gasteiger charge is -2.11. The Morgan fingerprint density at radius 3 is 3.00 bits per heavy atom. The molecule has 1 aromatic rings. The lowest BCUT2D eigenvalue weighted by molar-refractivity contribution is -0.112. The second-order valence-corrected chi connectivity index (χ2v) is 6.22. The van der Waals surface area contributed by atoms with Crippen LogP contribution in [0, 0.1) is 5.92 Å². The average molecular weight is 292 g/mol. The molecule has 0 aromatic carbocycles. The SMILES string of the molecule is O=C(N[C@@H]1CCSC1=O)c1ccnc(OCC2CC2)c1. The summed E-state index contributed by atoms with van der Waals surface area (Å²) in [5.74, 6) is 1.64. The lowest BCUT2D eigenvalue weighted by Crippen LogP contribution is -2.37. The summed E-state index contributed by atoms with van der Waals surface area (Å²) in [6.07, 6.45) is 4.68. The standard InChI is InChI=1S/C14H16N2O3S/c17-13(16-11-4-6-20-14(11)18)10-3-5-15-12(7-10)19-8-9-1-2-9/h3,5,7,9,11H,1-2,4,6,8H2,(H,16,17)/t11-/m1/s1. The Kier molecular flexibility index (Phi) is 3.91. The minimum absolute atomic E-state index is 0.0395. The van der Waals surface area contributed by atoms with E-state index in [2.05, 4.69) is 10.3 Å². The first-order chi connectivity index (χ1) is 9.72. The summed E-state index contributed by atoms with van der Waals surface area (Å²) in [5, 5.41) is 2.80. The first-order valence-electron chi connectivity index (χ1n) is 6.79. The highest BCUT2D eigenvalue weighted by Gasteiger charge is 2.27. The summed E-state index contributed by atoms with van der Waals surface area (Å²) in [6.45, 7) is 0.663. The molecule has 2 aliphatic rings. The van der Waals surface area contributed by atoms with Crippen LogP contribution in [0.5, 0.6) is 5.88 Å². The minimum atomic E-state index is -0.364. The van der Waals surface area contributed by atoms with Crippen LogP contribution in [0.25, 0.3) is 0 Å². The van der Waals surface area contributed by atoms with Crippen molar-refractivity contribution in [1.29, 1.82) is 0 Å². The van der Waals surface area contributed by atoms with Gasteiger partial charge in [-0.3, -0.25) is 9.59 Å². The molecule has 2 fully saturated rings. The fourth-order valence-electron chi connectivity index (χ4n) is 1.99. The molecule has 6 heteroatoms. The van der Waals surface area contributed by atoms with E-state index in [0.717, 1.165) is 5.75 Å². The number of carbonyl (C=O) groups excluding carboxylic acids is 2. The lowest BCUT2D eigenvalue weighted by atomic mass is 10.2. The Bertz CT molecular complexity index is 531. The van der Waals surface area contributed by atoms with Gasteiger partial charge >= 0.3 is 0 Å². The Balaban J connectivity index is 1.61. The smallest absolute Gasteiger partial charge is 0.252 e.